The quantitative estimate of drug-likeness (QED) is 0.851. The number of hydrogen-bond acceptors (Lipinski definition) is 3. The summed E-state index contributed by atoms with van der Waals surface area (Å²) in [4.78, 5) is 4.10. The zero-order valence-electron chi connectivity index (χ0n) is 11.9. The molecule has 2 fully saturated rings. The molecule has 2 aliphatic heterocycles. The first kappa shape index (κ1) is 13.5. The third-order valence-corrected chi connectivity index (χ3v) is 5.88. The molecule has 1 N–H and O–H groups in total. The van der Waals surface area contributed by atoms with Gasteiger partial charge in [-0.15, -0.1) is 11.8 Å². The minimum atomic E-state index is 0.366. The molecule has 3 rings (SSSR count). The lowest BCUT2D eigenvalue weighted by Crippen LogP contribution is -2.45. The highest BCUT2D eigenvalue weighted by Gasteiger charge is 2.48. The number of rotatable bonds is 4. The van der Waals surface area contributed by atoms with Crippen LogP contribution in [0.15, 0.2) is 35.2 Å². The molecule has 104 valence electrons. The Balaban J connectivity index is 1.53. The molecule has 0 bridgehead atoms. The van der Waals surface area contributed by atoms with Crippen molar-refractivity contribution in [2.24, 2.45) is 11.8 Å². The van der Waals surface area contributed by atoms with Gasteiger partial charge < -0.3 is 5.32 Å². The number of likely N-dealkylation sites (tertiary alicyclic amines) is 1. The number of hydrogen-bond donors (Lipinski definition) is 1. The van der Waals surface area contributed by atoms with Gasteiger partial charge in [0.25, 0.3) is 0 Å². The first-order valence-corrected chi connectivity index (χ1v) is 8.30. The number of nitrogens with one attached hydrogen (secondary N) is 1. The van der Waals surface area contributed by atoms with E-state index in [4.69, 9.17) is 0 Å². The lowest BCUT2D eigenvalue weighted by atomic mass is 9.85. The molecular weight excluding hydrogens is 252 g/mol. The van der Waals surface area contributed by atoms with Crippen molar-refractivity contribution in [2.45, 2.75) is 24.3 Å². The summed E-state index contributed by atoms with van der Waals surface area (Å²) in [5, 5.41) is 3.55. The first-order valence-electron chi connectivity index (χ1n) is 7.31. The second kappa shape index (κ2) is 5.47. The van der Waals surface area contributed by atoms with E-state index in [1.54, 1.807) is 0 Å². The molecular formula is C16H24N2S. The fourth-order valence-corrected chi connectivity index (χ4v) is 4.57. The van der Waals surface area contributed by atoms with Crippen LogP contribution in [0.25, 0.3) is 0 Å². The van der Waals surface area contributed by atoms with Crippen LogP contribution in [-0.2, 0) is 0 Å². The van der Waals surface area contributed by atoms with Crippen LogP contribution in [0.3, 0.4) is 0 Å². The molecule has 3 heteroatoms. The summed E-state index contributed by atoms with van der Waals surface area (Å²) < 4.78 is 0. The van der Waals surface area contributed by atoms with Gasteiger partial charge in [-0.2, -0.15) is 0 Å². The Kier molecular flexibility index (Phi) is 3.88. The van der Waals surface area contributed by atoms with Crippen LogP contribution in [0.5, 0.6) is 0 Å². The molecule has 0 aromatic heterocycles. The van der Waals surface area contributed by atoms with Gasteiger partial charge in [0, 0.05) is 35.8 Å². The number of benzene rings is 1. The highest BCUT2D eigenvalue weighted by molar-refractivity contribution is 7.99. The Hall–Kier alpha value is -0.510. The lowest BCUT2D eigenvalue weighted by Gasteiger charge is -2.35. The maximum absolute atomic E-state index is 3.55. The van der Waals surface area contributed by atoms with Crippen molar-refractivity contribution >= 4 is 11.8 Å². The average Bonchev–Trinajstić information content (AvgIpc) is 2.95. The number of fused-ring (bicyclic) bond motifs is 1. The average molecular weight is 276 g/mol. The highest BCUT2D eigenvalue weighted by atomic mass is 32.2. The predicted octanol–water partition coefficient (Wildman–Crippen LogP) is 2.71. The summed E-state index contributed by atoms with van der Waals surface area (Å²) in [6, 6.07) is 10.7. The third-order valence-electron chi connectivity index (χ3n) is 4.89. The standard InChI is InChI=1S/C16H24N2S/c1-16(2)15-11-17-10-13(15)12-18(16)8-9-19-14-6-4-3-5-7-14/h3-7,13,15,17H,8-12H2,1-2H3. The van der Waals surface area contributed by atoms with E-state index in [9.17, 15) is 0 Å². The van der Waals surface area contributed by atoms with E-state index in [0.717, 1.165) is 11.8 Å². The summed E-state index contributed by atoms with van der Waals surface area (Å²) in [5.74, 6) is 2.91. The summed E-state index contributed by atoms with van der Waals surface area (Å²) in [6.45, 7) is 9.77. The Bertz CT molecular complexity index is 418. The molecule has 0 radical (unpaired) electrons. The van der Waals surface area contributed by atoms with Crippen LogP contribution in [0.2, 0.25) is 0 Å². The van der Waals surface area contributed by atoms with Gasteiger partial charge >= 0.3 is 0 Å². The van der Waals surface area contributed by atoms with E-state index in [2.05, 4.69) is 54.4 Å². The largest absolute Gasteiger partial charge is 0.316 e. The van der Waals surface area contributed by atoms with Gasteiger partial charge in [0.05, 0.1) is 0 Å². The molecule has 0 spiro atoms. The van der Waals surface area contributed by atoms with E-state index in [-0.39, 0.29) is 0 Å². The predicted molar refractivity (Wildman–Crippen MR) is 82.7 cm³/mol. The van der Waals surface area contributed by atoms with Crippen molar-refractivity contribution < 1.29 is 0 Å². The number of nitrogens with zero attached hydrogens (tertiary/aromatic N) is 1. The summed E-state index contributed by atoms with van der Waals surface area (Å²) in [7, 11) is 0. The van der Waals surface area contributed by atoms with E-state index in [0.29, 0.717) is 5.54 Å². The van der Waals surface area contributed by atoms with Crippen LogP contribution in [0.4, 0.5) is 0 Å². The minimum absolute atomic E-state index is 0.366. The van der Waals surface area contributed by atoms with Crippen molar-refractivity contribution in [1.29, 1.82) is 0 Å². The molecule has 0 aliphatic carbocycles. The topological polar surface area (TPSA) is 15.3 Å². The van der Waals surface area contributed by atoms with E-state index >= 15 is 0 Å². The molecule has 2 saturated heterocycles. The van der Waals surface area contributed by atoms with Gasteiger partial charge in [0.15, 0.2) is 0 Å². The maximum atomic E-state index is 3.55. The SMILES string of the molecule is CC1(C)C2CNCC2CN1CCSc1ccccc1. The summed E-state index contributed by atoms with van der Waals surface area (Å²) in [6.07, 6.45) is 0. The van der Waals surface area contributed by atoms with Gasteiger partial charge in [-0.3, -0.25) is 4.90 Å². The van der Waals surface area contributed by atoms with Crippen LogP contribution in [-0.4, -0.2) is 42.4 Å². The van der Waals surface area contributed by atoms with Crippen molar-refractivity contribution in [3.63, 3.8) is 0 Å². The molecule has 19 heavy (non-hydrogen) atoms. The normalized spacial score (nSPS) is 29.6. The second-order valence-electron chi connectivity index (χ2n) is 6.29. The van der Waals surface area contributed by atoms with Gasteiger partial charge in [-0.05, 0) is 44.4 Å². The van der Waals surface area contributed by atoms with E-state index in [1.807, 2.05) is 11.8 Å². The summed E-state index contributed by atoms with van der Waals surface area (Å²) >= 11 is 1.98. The molecule has 2 unspecified atom stereocenters. The zero-order chi connectivity index (χ0) is 13.3. The van der Waals surface area contributed by atoms with Crippen LogP contribution in [0.1, 0.15) is 13.8 Å². The molecule has 1 aromatic carbocycles. The zero-order valence-corrected chi connectivity index (χ0v) is 12.7. The molecule has 0 amide bonds. The lowest BCUT2D eigenvalue weighted by molar-refractivity contribution is 0.149. The molecule has 1 aromatic rings. The van der Waals surface area contributed by atoms with Crippen molar-refractivity contribution in [3.8, 4) is 0 Å². The van der Waals surface area contributed by atoms with E-state index in [1.165, 1.54) is 36.8 Å². The van der Waals surface area contributed by atoms with Gasteiger partial charge in [0.2, 0.25) is 0 Å². The molecule has 0 saturated carbocycles. The Labute approximate surface area is 121 Å². The van der Waals surface area contributed by atoms with Crippen LogP contribution < -0.4 is 5.32 Å². The van der Waals surface area contributed by atoms with E-state index < -0.39 is 0 Å². The van der Waals surface area contributed by atoms with Gasteiger partial charge in [0.1, 0.15) is 0 Å². The van der Waals surface area contributed by atoms with Crippen LogP contribution >= 0.6 is 11.8 Å². The van der Waals surface area contributed by atoms with Crippen molar-refractivity contribution in [1.82, 2.24) is 10.2 Å². The fourth-order valence-electron chi connectivity index (χ4n) is 3.67. The number of thioether (sulfide) groups is 1. The van der Waals surface area contributed by atoms with Crippen LogP contribution in [0, 0.1) is 11.8 Å². The fraction of sp³-hybridized carbons (Fsp3) is 0.625. The maximum Gasteiger partial charge on any atom is 0.0197 e. The Morgan fingerprint density at radius 3 is 2.79 bits per heavy atom. The monoisotopic (exact) mass is 276 g/mol. The van der Waals surface area contributed by atoms with Crippen molar-refractivity contribution in [3.05, 3.63) is 30.3 Å². The Morgan fingerprint density at radius 1 is 1.26 bits per heavy atom. The molecule has 2 aliphatic rings. The van der Waals surface area contributed by atoms with Gasteiger partial charge in [-0.25, -0.2) is 0 Å². The van der Waals surface area contributed by atoms with Crippen molar-refractivity contribution in [2.75, 3.05) is 31.9 Å². The third kappa shape index (κ3) is 2.69. The summed E-state index contributed by atoms with van der Waals surface area (Å²) in [5.41, 5.74) is 0.366. The molecule has 2 heterocycles. The van der Waals surface area contributed by atoms with Gasteiger partial charge in [-0.1, -0.05) is 18.2 Å². The minimum Gasteiger partial charge on any atom is -0.316 e. The smallest absolute Gasteiger partial charge is 0.0197 e. The highest BCUT2D eigenvalue weighted by Crippen LogP contribution is 2.40. The first-order chi connectivity index (χ1) is 9.18. The molecule has 2 atom stereocenters. The molecule has 2 nitrogen and oxygen atoms in total. The second-order valence-corrected chi connectivity index (χ2v) is 7.45. The Morgan fingerprint density at radius 2 is 2.05 bits per heavy atom.